The van der Waals surface area contributed by atoms with Gasteiger partial charge in [0.05, 0.1) is 58.9 Å². The fourth-order valence-electron chi connectivity index (χ4n) is 15.9. The number of hydrogen-bond acceptors (Lipinski definition) is 8. The van der Waals surface area contributed by atoms with Crippen LogP contribution in [-0.4, -0.2) is 19.9 Å². The molecule has 8 heteroatoms. The molecule has 8 nitrogen and oxygen atoms in total. The highest BCUT2D eigenvalue weighted by atomic mass is 15.2. The molecule has 17 rings (SSSR count). The number of benzene rings is 12. The summed E-state index contributed by atoms with van der Waals surface area (Å²) in [7, 11) is 0. The zero-order chi connectivity index (χ0) is 70.4. The minimum atomic E-state index is -0.510. The van der Waals surface area contributed by atoms with Gasteiger partial charge in [0.1, 0.15) is 0 Å². The van der Waals surface area contributed by atoms with Crippen LogP contribution in [0.5, 0.6) is 0 Å². The first kappa shape index (κ1) is 64.4. The molecule has 103 heavy (non-hydrogen) atoms. The topological polar surface area (TPSA) is 64.5 Å². The fourth-order valence-corrected chi connectivity index (χ4v) is 15.9. The van der Waals surface area contributed by atoms with Crippen LogP contribution >= 0.6 is 0 Å². The van der Waals surface area contributed by atoms with E-state index < -0.39 is 5.41 Å². The van der Waals surface area contributed by atoms with Crippen molar-refractivity contribution in [3.05, 3.63) is 326 Å². The summed E-state index contributed by atoms with van der Waals surface area (Å²) < 4.78 is 0. The third-order valence-electron chi connectivity index (χ3n) is 21.6. The summed E-state index contributed by atoms with van der Waals surface area (Å²) >= 11 is 0. The smallest absolute Gasteiger partial charge is 0.0723 e. The molecule has 0 unspecified atom stereocenters. The minimum absolute atomic E-state index is 0.311. The predicted octanol–water partition coefficient (Wildman–Crippen LogP) is 26.9. The van der Waals surface area contributed by atoms with Crippen LogP contribution in [0.3, 0.4) is 0 Å². The molecule has 0 amide bonds. The summed E-state index contributed by atoms with van der Waals surface area (Å²) in [6.45, 7) is 23.0. The Hall–Kier alpha value is -12.0. The molecule has 0 N–H and O–H groups in total. The number of anilines is 12. The highest BCUT2D eigenvalue weighted by molar-refractivity contribution is 6.26. The number of aromatic nitrogens is 4. The van der Waals surface area contributed by atoms with Gasteiger partial charge in [-0.2, -0.15) is 0 Å². The molecule has 16 aromatic rings. The van der Waals surface area contributed by atoms with Crippen molar-refractivity contribution in [3.8, 4) is 11.1 Å². The second-order valence-electron chi connectivity index (χ2n) is 29.6. The Balaban J connectivity index is 1.03. The SMILES string of the molecule is CC(C)c1ccc(N(c2ccc3c(c2)C(C)(C)c2cc4c(N(c5ccc(C(C)C)cc5)c5cncc6ccccc56)c5ccc(N(c6ccc(C(C)C)cc6)c6cncc7ccccc67)cc5c(N(c5ccc(C(C)C)cc5)c5cncc6ccccc56)c4cc2-3)c2cncc3ccccc23)cc1. The van der Waals surface area contributed by atoms with Gasteiger partial charge in [0.2, 0.25) is 0 Å². The lowest BCUT2D eigenvalue weighted by atomic mass is 9.81. The van der Waals surface area contributed by atoms with Gasteiger partial charge in [-0.05, 0) is 153 Å². The minimum Gasteiger partial charge on any atom is -0.308 e. The lowest BCUT2D eigenvalue weighted by Crippen LogP contribution is -2.18. The van der Waals surface area contributed by atoms with Gasteiger partial charge in [-0.1, -0.05) is 227 Å². The molecule has 4 aromatic heterocycles. The van der Waals surface area contributed by atoms with E-state index >= 15 is 0 Å². The van der Waals surface area contributed by atoms with Gasteiger partial charge in [0.25, 0.3) is 0 Å². The molecule has 0 spiro atoms. The molecule has 0 radical (unpaired) electrons. The average molecular weight is 1340 g/mol. The second-order valence-corrected chi connectivity index (χ2v) is 29.6. The third-order valence-corrected chi connectivity index (χ3v) is 21.6. The predicted molar refractivity (Wildman–Crippen MR) is 435 cm³/mol. The van der Waals surface area contributed by atoms with Crippen molar-refractivity contribution in [2.75, 3.05) is 19.6 Å². The van der Waals surface area contributed by atoms with Crippen molar-refractivity contribution in [3.63, 3.8) is 0 Å². The average Bonchev–Trinajstić information content (AvgIpc) is 1.67. The number of nitrogens with zero attached hydrogens (tertiary/aromatic N) is 8. The maximum Gasteiger partial charge on any atom is 0.0723 e. The van der Waals surface area contributed by atoms with Crippen LogP contribution in [0.4, 0.5) is 68.2 Å². The van der Waals surface area contributed by atoms with Crippen LogP contribution in [0, 0.1) is 0 Å². The number of rotatable bonds is 16. The molecule has 502 valence electrons. The van der Waals surface area contributed by atoms with Crippen LogP contribution in [0.15, 0.2) is 292 Å². The zero-order valence-electron chi connectivity index (χ0n) is 60.1. The van der Waals surface area contributed by atoms with E-state index in [1.54, 1.807) is 0 Å². The van der Waals surface area contributed by atoms with Gasteiger partial charge in [-0.15, -0.1) is 0 Å². The lowest BCUT2D eigenvalue weighted by molar-refractivity contribution is 0.661. The van der Waals surface area contributed by atoms with Gasteiger partial charge < -0.3 is 19.6 Å². The van der Waals surface area contributed by atoms with Crippen molar-refractivity contribution in [1.29, 1.82) is 0 Å². The van der Waals surface area contributed by atoms with E-state index in [2.05, 4.69) is 344 Å². The molecule has 0 atom stereocenters. The molecule has 4 heterocycles. The Kier molecular flexibility index (Phi) is 16.2. The monoisotopic (exact) mass is 1330 g/mol. The molecule has 0 fully saturated rings. The van der Waals surface area contributed by atoms with Crippen molar-refractivity contribution in [1.82, 2.24) is 19.9 Å². The summed E-state index contributed by atoms with van der Waals surface area (Å²) in [6.07, 6.45) is 16.1. The normalized spacial score (nSPS) is 12.6. The van der Waals surface area contributed by atoms with E-state index in [-0.39, 0.29) is 0 Å². The Morgan fingerprint density at radius 2 is 0.534 bits per heavy atom. The number of hydrogen-bond donors (Lipinski definition) is 0. The fraction of sp³-hybridized carbons (Fsp3) is 0.158. The summed E-state index contributed by atoms with van der Waals surface area (Å²) in [5, 5.41) is 12.9. The third kappa shape index (κ3) is 11.2. The molecule has 1 aliphatic rings. The van der Waals surface area contributed by atoms with E-state index in [1.165, 1.54) is 44.5 Å². The maximum absolute atomic E-state index is 5.16. The lowest BCUT2D eigenvalue weighted by Gasteiger charge is -2.35. The molecular weight excluding hydrogens is 1250 g/mol. The molecule has 0 saturated carbocycles. The second kappa shape index (κ2) is 25.9. The first-order valence-corrected chi connectivity index (χ1v) is 36.3. The first-order valence-electron chi connectivity index (χ1n) is 36.3. The Morgan fingerprint density at radius 1 is 0.243 bits per heavy atom. The van der Waals surface area contributed by atoms with Gasteiger partial charge in [-0.3, -0.25) is 19.9 Å². The summed E-state index contributed by atoms with van der Waals surface area (Å²) in [5.74, 6) is 1.36. The van der Waals surface area contributed by atoms with E-state index in [1.807, 2.05) is 37.2 Å². The van der Waals surface area contributed by atoms with Gasteiger partial charge in [-0.25, -0.2) is 0 Å². The number of pyridine rings is 4. The Labute approximate surface area is 603 Å². The van der Waals surface area contributed by atoms with E-state index in [0.717, 1.165) is 133 Å². The van der Waals surface area contributed by atoms with Gasteiger partial charge in [0.15, 0.2) is 0 Å². The van der Waals surface area contributed by atoms with Crippen molar-refractivity contribution < 1.29 is 0 Å². The van der Waals surface area contributed by atoms with Crippen LogP contribution in [-0.2, 0) is 5.41 Å². The highest BCUT2D eigenvalue weighted by Crippen LogP contribution is 2.59. The first-order chi connectivity index (χ1) is 50.2. The molecule has 0 bridgehead atoms. The van der Waals surface area contributed by atoms with Crippen LogP contribution in [0.2, 0.25) is 0 Å². The van der Waals surface area contributed by atoms with E-state index in [0.29, 0.717) is 23.7 Å². The van der Waals surface area contributed by atoms with Crippen LogP contribution < -0.4 is 19.6 Å². The summed E-state index contributed by atoms with van der Waals surface area (Å²) in [5.41, 5.74) is 21.6. The maximum atomic E-state index is 5.16. The molecule has 1 aliphatic carbocycles. The largest absolute Gasteiger partial charge is 0.308 e. The van der Waals surface area contributed by atoms with Gasteiger partial charge in [0, 0.05) is 129 Å². The van der Waals surface area contributed by atoms with Gasteiger partial charge >= 0.3 is 0 Å². The van der Waals surface area contributed by atoms with E-state index in [9.17, 15) is 0 Å². The van der Waals surface area contributed by atoms with Crippen molar-refractivity contribution in [2.24, 2.45) is 0 Å². The number of fused-ring (bicyclic) bond motifs is 9. The molecule has 0 aliphatic heterocycles. The standard InChI is InChI=1S/C95H82N8/c1-59(2)63-27-35-71(36-28-63)100(89-55-96-51-67-19-11-15-23-77(67)89)75-44-46-82-84(47-75)94(103(74-41-33-66(34-42-74)62(7)8)92-58-99-54-70-22-14-18-26-80(70)92)85-49-83-81-45-43-76(101(72-37-29-64(30-38-72)60(3)4)90-56-97-52-68-20-12-16-24-78(68)90)48-87(81)95(9,10)88(83)50-86(85)93(82)102(73-39-31-65(32-40-73)61(5)6)91-57-98-53-69-21-13-17-25-79(69)91/h11-62H,1-10H3. The van der Waals surface area contributed by atoms with Crippen molar-refractivity contribution >= 4 is 133 Å². The van der Waals surface area contributed by atoms with Crippen molar-refractivity contribution in [2.45, 2.75) is 98.3 Å². The van der Waals surface area contributed by atoms with Crippen LogP contribution in [0.1, 0.15) is 126 Å². The Morgan fingerprint density at radius 3 is 0.913 bits per heavy atom. The Bertz CT molecular complexity index is 5920. The molecule has 0 saturated heterocycles. The molecular formula is C95H82N8. The quantitative estimate of drug-likeness (QED) is 0.0700. The summed E-state index contributed by atoms with van der Waals surface area (Å²) in [6, 6.07) is 90.9. The zero-order valence-corrected chi connectivity index (χ0v) is 60.1. The van der Waals surface area contributed by atoms with E-state index in [4.69, 9.17) is 19.9 Å². The highest BCUT2D eigenvalue weighted by Gasteiger charge is 2.39. The molecule has 12 aromatic carbocycles. The van der Waals surface area contributed by atoms with Crippen LogP contribution in [0.25, 0.3) is 75.8 Å². The summed E-state index contributed by atoms with van der Waals surface area (Å²) in [4.78, 5) is 30.1.